The first kappa shape index (κ1) is 19.1. The maximum Gasteiger partial charge on any atom is 0.169 e. The van der Waals surface area contributed by atoms with Crippen LogP contribution in [-0.2, 0) is 0 Å². The van der Waals surface area contributed by atoms with Gasteiger partial charge >= 0.3 is 0 Å². The summed E-state index contributed by atoms with van der Waals surface area (Å²) in [6, 6.07) is 12.9. The van der Waals surface area contributed by atoms with E-state index in [1.54, 1.807) is 6.20 Å². The van der Waals surface area contributed by atoms with Crippen molar-refractivity contribution in [3.8, 4) is 11.1 Å². The monoisotopic (exact) mass is 399 g/mol. The highest BCUT2D eigenvalue weighted by Gasteiger charge is 2.33. The molecule has 0 bridgehead atoms. The van der Waals surface area contributed by atoms with E-state index in [1.807, 2.05) is 13.0 Å². The van der Waals surface area contributed by atoms with Crippen molar-refractivity contribution in [3.63, 3.8) is 0 Å². The number of hydrogen-bond donors (Lipinski definition) is 2. The van der Waals surface area contributed by atoms with E-state index in [2.05, 4.69) is 40.6 Å². The van der Waals surface area contributed by atoms with Crippen LogP contribution in [0.2, 0.25) is 0 Å². The molecule has 2 saturated carbocycles. The summed E-state index contributed by atoms with van der Waals surface area (Å²) in [6.07, 6.45) is 9.94. The zero-order chi connectivity index (χ0) is 20.7. The first-order valence-electron chi connectivity index (χ1n) is 11.2. The van der Waals surface area contributed by atoms with Crippen LogP contribution in [0.5, 0.6) is 0 Å². The predicted molar refractivity (Wildman–Crippen MR) is 124 cm³/mol. The van der Waals surface area contributed by atoms with Gasteiger partial charge in [-0.3, -0.25) is 9.78 Å². The van der Waals surface area contributed by atoms with Crippen molar-refractivity contribution in [2.24, 2.45) is 5.92 Å². The standard InChI is InChI=1S/C26H29N3O/c1-16-13-18(9-11-23(16)27)19-10-12-24-21(14-19)25(29-20-5-3-2-4-6-20)22(15-28-24)26(30)17-7-8-17/h9-15,17,20H,2-8,27H2,1H3,(H,28,29). The lowest BCUT2D eigenvalue weighted by Crippen LogP contribution is -2.24. The lowest BCUT2D eigenvalue weighted by Gasteiger charge is -2.26. The van der Waals surface area contributed by atoms with Crippen LogP contribution in [-0.4, -0.2) is 16.8 Å². The number of hydrogen-bond acceptors (Lipinski definition) is 4. The Morgan fingerprint density at radius 3 is 2.47 bits per heavy atom. The zero-order valence-electron chi connectivity index (χ0n) is 17.6. The largest absolute Gasteiger partial charge is 0.399 e. The molecule has 0 spiro atoms. The second-order valence-electron chi connectivity index (χ2n) is 8.97. The summed E-state index contributed by atoms with van der Waals surface area (Å²) >= 11 is 0. The van der Waals surface area contributed by atoms with Gasteiger partial charge in [0.2, 0.25) is 0 Å². The number of rotatable bonds is 5. The van der Waals surface area contributed by atoms with Gasteiger partial charge in [0.1, 0.15) is 0 Å². The third kappa shape index (κ3) is 3.67. The van der Waals surface area contributed by atoms with Gasteiger partial charge in [-0.15, -0.1) is 0 Å². The van der Waals surface area contributed by atoms with E-state index in [0.717, 1.165) is 70.2 Å². The Morgan fingerprint density at radius 1 is 1.00 bits per heavy atom. The van der Waals surface area contributed by atoms with Gasteiger partial charge in [-0.05, 0) is 73.6 Å². The Labute approximate surface area is 177 Å². The molecule has 0 atom stereocenters. The fraction of sp³-hybridized carbons (Fsp3) is 0.385. The second kappa shape index (κ2) is 7.75. The highest BCUT2D eigenvalue weighted by molar-refractivity contribution is 6.10. The number of carbonyl (C=O) groups excluding carboxylic acids is 1. The van der Waals surface area contributed by atoms with Gasteiger partial charge in [-0.2, -0.15) is 0 Å². The molecule has 154 valence electrons. The number of fused-ring (bicyclic) bond motifs is 1. The second-order valence-corrected chi connectivity index (χ2v) is 8.97. The van der Waals surface area contributed by atoms with E-state index < -0.39 is 0 Å². The molecular formula is C26H29N3O. The zero-order valence-corrected chi connectivity index (χ0v) is 17.6. The average Bonchev–Trinajstić information content (AvgIpc) is 3.61. The number of anilines is 2. The molecule has 1 aromatic heterocycles. The normalized spacial score (nSPS) is 17.2. The van der Waals surface area contributed by atoms with Crippen LogP contribution in [0, 0.1) is 12.8 Å². The Kier molecular flexibility index (Phi) is 4.93. The Morgan fingerprint density at radius 2 is 1.73 bits per heavy atom. The van der Waals surface area contributed by atoms with E-state index in [-0.39, 0.29) is 11.7 Å². The van der Waals surface area contributed by atoms with Crippen LogP contribution in [0.3, 0.4) is 0 Å². The van der Waals surface area contributed by atoms with E-state index >= 15 is 0 Å². The number of nitrogen functional groups attached to an aromatic ring is 1. The van der Waals surface area contributed by atoms with Gasteiger partial charge in [0, 0.05) is 29.2 Å². The van der Waals surface area contributed by atoms with Gasteiger partial charge in [0.05, 0.1) is 16.8 Å². The smallest absolute Gasteiger partial charge is 0.169 e. The predicted octanol–water partition coefficient (Wildman–Crippen LogP) is 6.13. The number of aromatic nitrogens is 1. The van der Waals surface area contributed by atoms with Gasteiger partial charge in [-0.1, -0.05) is 31.4 Å². The molecule has 0 amide bonds. The van der Waals surface area contributed by atoms with Crippen molar-refractivity contribution in [1.82, 2.24) is 4.98 Å². The minimum Gasteiger partial charge on any atom is -0.399 e. The molecule has 3 N–H and O–H groups in total. The maximum absolute atomic E-state index is 13.1. The number of benzene rings is 2. The fourth-order valence-electron chi connectivity index (χ4n) is 4.59. The van der Waals surface area contributed by atoms with Crippen molar-refractivity contribution in [2.45, 2.75) is 57.9 Å². The number of nitrogens with two attached hydrogens (primary N) is 1. The number of nitrogens with zero attached hydrogens (tertiary/aromatic N) is 1. The van der Waals surface area contributed by atoms with Gasteiger partial charge < -0.3 is 11.1 Å². The van der Waals surface area contributed by atoms with Crippen LogP contribution in [0.4, 0.5) is 11.4 Å². The van der Waals surface area contributed by atoms with Crippen molar-refractivity contribution in [3.05, 3.63) is 53.7 Å². The molecule has 0 saturated heterocycles. The molecule has 2 fully saturated rings. The lowest BCUT2D eigenvalue weighted by atomic mass is 9.93. The highest BCUT2D eigenvalue weighted by Crippen LogP contribution is 2.38. The molecule has 2 aromatic carbocycles. The van der Waals surface area contributed by atoms with Crippen molar-refractivity contribution in [1.29, 1.82) is 0 Å². The van der Waals surface area contributed by atoms with Crippen LogP contribution in [0.1, 0.15) is 60.9 Å². The van der Waals surface area contributed by atoms with E-state index in [0.29, 0.717) is 6.04 Å². The molecule has 4 nitrogen and oxygen atoms in total. The highest BCUT2D eigenvalue weighted by atomic mass is 16.1. The minimum absolute atomic E-state index is 0.180. The molecule has 0 aliphatic heterocycles. The van der Waals surface area contributed by atoms with Gasteiger partial charge in [-0.25, -0.2) is 0 Å². The van der Waals surface area contributed by atoms with Crippen molar-refractivity contribution in [2.75, 3.05) is 11.1 Å². The quantitative estimate of drug-likeness (QED) is 0.400. The molecule has 5 rings (SSSR count). The summed E-state index contributed by atoms with van der Waals surface area (Å²) in [5.74, 6) is 0.426. The Bertz CT molecular complexity index is 1110. The van der Waals surface area contributed by atoms with E-state index in [1.165, 1.54) is 19.3 Å². The molecule has 4 heteroatoms. The van der Waals surface area contributed by atoms with Gasteiger partial charge in [0.25, 0.3) is 0 Å². The third-order valence-electron chi connectivity index (χ3n) is 6.64. The summed E-state index contributed by atoms with van der Waals surface area (Å²) < 4.78 is 0. The van der Waals surface area contributed by atoms with Crippen LogP contribution in [0.25, 0.3) is 22.0 Å². The Balaban J connectivity index is 1.63. The number of ketones is 1. The molecule has 0 unspecified atom stereocenters. The molecule has 2 aliphatic rings. The first-order chi connectivity index (χ1) is 14.6. The summed E-state index contributed by atoms with van der Waals surface area (Å²) in [5, 5.41) is 4.82. The fourth-order valence-corrected chi connectivity index (χ4v) is 4.59. The first-order valence-corrected chi connectivity index (χ1v) is 11.2. The lowest BCUT2D eigenvalue weighted by molar-refractivity contribution is 0.0968. The summed E-state index contributed by atoms with van der Waals surface area (Å²) in [7, 11) is 0. The minimum atomic E-state index is 0.180. The number of carbonyl (C=O) groups is 1. The molecule has 3 aromatic rings. The summed E-state index contributed by atoms with van der Waals surface area (Å²) in [4.78, 5) is 17.7. The van der Waals surface area contributed by atoms with E-state index in [9.17, 15) is 4.79 Å². The summed E-state index contributed by atoms with van der Waals surface area (Å²) in [6.45, 7) is 2.03. The number of nitrogens with one attached hydrogen (secondary N) is 1. The van der Waals surface area contributed by atoms with Crippen molar-refractivity contribution < 1.29 is 4.79 Å². The number of aryl methyl sites for hydroxylation is 1. The van der Waals surface area contributed by atoms with Gasteiger partial charge in [0.15, 0.2) is 5.78 Å². The van der Waals surface area contributed by atoms with Crippen molar-refractivity contribution >= 4 is 28.1 Å². The maximum atomic E-state index is 13.1. The molecular weight excluding hydrogens is 370 g/mol. The topological polar surface area (TPSA) is 68.0 Å². The van der Waals surface area contributed by atoms with E-state index in [4.69, 9.17) is 5.73 Å². The summed E-state index contributed by atoms with van der Waals surface area (Å²) in [5.41, 5.74) is 12.8. The Hall–Kier alpha value is -2.88. The number of Topliss-reactive ketones (excluding diaryl/α,β-unsaturated/α-hetero) is 1. The number of pyridine rings is 1. The third-order valence-corrected chi connectivity index (χ3v) is 6.64. The van der Waals surface area contributed by atoms with Crippen LogP contribution < -0.4 is 11.1 Å². The molecule has 1 heterocycles. The molecule has 2 aliphatic carbocycles. The van der Waals surface area contributed by atoms with Crippen LogP contribution >= 0.6 is 0 Å². The average molecular weight is 400 g/mol. The van der Waals surface area contributed by atoms with Crippen LogP contribution in [0.15, 0.2) is 42.6 Å². The molecule has 30 heavy (non-hydrogen) atoms. The molecule has 0 radical (unpaired) electrons. The SMILES string of the molecule is Cc1cc(-c2ccc3ncc(C(=O)C4CC4)c(NC4CCCCC4)c3c2)ccc1N.